The molecule has 0 saturated heterocycles. The summed E-state index contributed by atoms with van der Waals surface area (Å²) in [4.78, 5) is 29.4. The first-order valence-corrected chi connectivity index (χ1v) is 10.5. The Bertz CT molecular complexity index is 1020. The molecule has 0 unspecified atom stereocenters. The average molecular weight is 407 g/mol. The molecule has 2 amide bonds. The number of fused-ring (bicyclic) bond motifs is 1. The summed E-state index contributed by atoms with van der Waals surface area (Å²) in [6.07, 6.45) is 1.43. The van der Waals surface area contributed by atoms with Gasteiger partial charge in [0.1, 0.15) is 12.4 Å². The molecule has 0 aliphatic carbocycles. The fourth-order valence-electron chi connectivity index (χ4n) is 3.35. The van der Waals surface area contributed by atoms with E-state index in [1.54, 1.807) is 0 Å². The zero-order chi connectivity index (χ0) is 21.5. The molecule has 6 nitrogen and oxygen atoms in total. The fourth-order valence-corrected chi connectivity index (χ4v) is 3.35. The Balaban J connectivity index is 1.62. The highest BCUT2D eigenvalue weighted by molar-refractivity contribution is 5.94. The maximum atomic E-state index is 12.4. The SMILES string of the molecule is Cc1cccc(C(=O)NCCCc2nc3ccccc3n2CC(=O)NCC(C)C)c1. The molecule has 0 saturated carbocycles. The lowest BCUT2D eigenvalue weighted by Crippen LogP contribution is -2.31. The van der Waals surface area contributed by atoms with Crippen molar-refractivity contribution in [3.05, 3.63) is 65.5 Å². The van der Waals surface area contributed by atoms with Crippen molar-refractivity contribution in [1.82, 2.24) is 20.2 Å². The number of carbonyl (C=O) groups is 2. The summed E-state index contributed by atoms with van der Waals surface area (Å²) >= 11 is 0. The Hall–Kier alpha value is -3.15. The molecule has 0 aliphatic heterocycles. The standard InChI is InChI=1S/C24H30N4O2/c1-17(2)15-26-23(29)16-28-21-11-5-4-10-20(21)27-22(28)12-7-13-25-24(30)19-9-6-8-18(3)14-19/h4-6,8-11,14,17H,7,12-13,15-16H2,1-3H3,(H,25,30)(H,26,29). The molecule has 30 heavy (non-hydrogen) atoms. The first-order valence-electron chi connectivity index (χ1n) is 10.5. The van der Waals surface area contributed by atoms with E-state index in [-0.39, 0.29) is 18.4 Å². The van der Waals surface area contributed by atoms with Crippen molar-refractivity contribution in [2.75, 3.05) is 13.1 Å². The highest BCUT2D eigenvalue weighted by Gasteiger charge is 2.14. The van der Waals surface area contributed by atoms with Crippen LogP contribution in [0.5, 0.6) is 0 Å². The molecule has 0 radical (unpaired) electrons. The molecular weight excluding hydrogens is 376 g/mol. The first kappa shape index (κ1) is 21.6. The Labute approximate surface area is 177 Å². The molecule has 1 aromatic heterocycles. The number of amides is 2. The highest BCUT2D eigenvalue weighted by atomic mass is 16.2. The maximum Gasteiger partial charge on any atom is 0.251 e. The predicted octanol–water partition coefficient (Wildman–Crippen LogP) is 3.48. The lowest BCUT2D eigenvalue weighted by atomic mass is 10.1. The Kier molecular flexibility index (Phi) is 7.22. The van der Waals surface area contributed by atoms with Crippen molar-refractivity contribution in [1.29, 1.82) is 0 Å². The minimum absolute atomic E-state index is 0.0131. The molecule has 3 aromatic rings. The minimum atomic E-state index is -0.0692. The van der Waals surface area contributed by atoms with E-state index in [9.17, 15) is 9.59 Å². The van der Waals surface area contributed by atoms with Crippen LogP contribution in [0.2, 0.25) is 0 Å². The van der Waals surface area contributed by atoms with E-state index in [2.05, 4.69) is 24.5 Å². The van der Waals surface area contributed by atoms with Gasteiger partial charge in [0.05, 0.1) is 11.0 Å². The molecule has 2 N–H and O–H groups in total. The smallest absolute Gasteiger partial charge is 0.251 e. The highest BCUT2D eigenvalue weighted by Crippen LogP contribution is 2.17. The van der Waals surface area contributed by atoms with Crippen LogP contribution < -0.4 is 10.6 Å². The third-order valence-electron chi connectivity index (χ3n) is 4.89. The van der Waals surface area contributed by atoms with Crippen molar-refractivity contribution in [2.45, 2.75) is 40.2 Å². The summed E-state index contributed by atoms with van der Waals surface area (Å²) < 4.78 is 1.98. The number of hydrogen-bond donors (Lipinski definition) is 2. The van der Waals surface area contributed by atoms with Crippen molar-refractivity contribution >= 4 is 22.8 Å². The van der Waals surface area contributed by atoms with E-state index in [0.29, 0.717) is 31.0 Å². The Morgan fingerprint density at radius 2 is 1.87 bits per heavy atom. The monoisotopic (exact) mass is 406 g/mol. The van der Waals surface area contributed by atoms with E-state index >= 15 is 0 Å². The number of hydrogen-bond acceptors (Lipinski definition) is 3. The number of imidazole rings is 1. The molecule has 2 aromatic carbocycles. The van der Waals surface area contributed by atoms with E-state index in [4.69, 9.17) is 4.98 Å². The molecule has 6 heteroatoms. The van der Waals surface area contributed by atoms with Gasteiger partial charge >= 0.3 is 0 Å². The summed E-state index contributed by atoms with van der Waals surface area (Å²) in [6.45, 7) is 7.57. The molecule has 0 aliphatic rings. The van der Waals surface area contributed by atoms with Crippen molar-refractivity contribution in [2.24, 2.45) is 5.92 Å². The van der Waals surface area contributed by atoms with Gasteiger partial charge in [-0.05, 0) is 43.5 Å². The Morgan fingerprint density at radius 3 is 2.63 bits per heavy atom. The van der Waals surface area contributed by atoms with Crippen LogP contribution in [0.15, 0.2) is 48.5 Å². The largest absolute Gasteiger partial charge is 0.354 e. The summed E-state index contributed by atoms with van der Waals surface area (Å²) in [7, 11) is 0. The van der Waals surface area contributed by atoms with Gasteiger partial charge in [-0.3, -0.25) is 9.59 Å². The van der Waals surface area contributed by atoms with Gasteiger partial charge in [0, 0.05) is 25.1 Å². The van der Waals surface area contributed by atoms with Crippen LogP contribution in [0.3, 0.4) is 0 Å². The molecular formula is C24H30N4O2. The van der Waals surface area contributed by atoms with Gasteiger partial charge in [-0.15, -0.1) is 0 Å². The van der Waals surface area contributed by atoms with E-state index in [1.165, 1.54) is 0 Å². The maximum absolute atomic E-state index is 12.4. The fraction of sp³-hybridized carbons (Fsp3) is 0.375. The normalized spacial score (nSPS) is 11.1. The summed E-state index contributed by atoms with van der Waals surface area (Å²) in [6, 6.07) is 15.4. The van der Waals surface area contributed by atoms with Crippen molar-refractivity contribution in [3.8, 4) is 0 Å². The summed E-state index contributed by atoms with van der Waals surface area (Å²) in [5.41, 5.74) is 3.57. The number of benzene rings is 2. The third-order valence-corrected chi connectivity index (χ3v) is 4.89. The van der Waals surface area contributed by atoms with Crippen LogP contribution in [-0.4, -0.2) is 34.5 Å². The molecule has 0 fully saturated rings. The van der Waals surface area contributed by atoms with Gasteiger partial charge in [-0.2, -0.15) is 0 Å². The zero-order valence-corrected chi connectivity index (χ0v) is 17.9. The predicted molar refractivity (Wildman–Crippen MR) is 119 cm³/mol. The number of nitrogens with zero attached hydrogens (tertiary/aromatic N) is 2. The van der Waals surface area contributed by atoms with Gasteiger partial charge in [-0.25, -0.2) is 4.98 Å². The van der Waals surface area contributed by atoms with Gasteiger partial charge in [-0.1, -0.05) is 43.7 Å². The van der Waals surface area contributed by atoms with Crippen LogP contribution in [0.1, 0.15) is 42.0 Å². The number of rotatable bonds is 9. The van der Waals surface area contributed by atoms with Crippen molar-refractivity contribution in [3.63, 3.8) is 0 Å². The van der Waals surface area contributed by atoms with Gasteiger partial charge in [0.15, 0.2) is 0 Å². The van der Waals surface area contributed by atoms with Crippen LogP contribution in [-0.2, 0) is 17.8 Å². The number of aromatic nitrogens is 2. The minimum Gasteiger partial charge on any atom is -0.354 e. The number of aryl methyl sites for hydroxylation is 2. The number of carbonyl (C=O) groups excluding carboxylic acids is 2. The van der Waals surface area contributed by atoms with Gasteiger partial charge in [0.25, 0.3) is 5.91 Å². The quantitative estimate of drug-likeness (QED) is 0.534. The van der Waals surface area contributed by atoms with Gasteiger partial charge < -0.3 is 15.2 Å². The summed E-state index contributed by atoms with van der Waals surface area (Å²) in [5, 5.41) is 5.94. The van der Waals surface area contributed by atoms with Crippen LogP contribution >= 0.6 is 0 Å². The molecule has 3 rings (SSSR count). The average Bonchev–Trinajstić information content (AvgIpc) is 3.07. The van der Waals surface area contributed by atoms with Crippen LogP contribution in [0, 0.1) is 12.8 Å². The first-order chi connectivity index (χ1) is 14.4. The van der Waals surface area contributed by atoms with E-state index in [0.717, 1.165) is 28.8 Å². The second kappa shape index (κ2) is 10.1. The number of nitrogens with one attached hydrogen (secondary N) is 2. The molecule has 0 atom stereocenters. The van der Waals surface area contributed by atoms with Crippen molar-refractivity contribution < 1.29 is 9.59 Å². The van der Waals surface area contributed by atoms with Crippen LogP contribution in [0.25, 0.3) is 11.0 Å². The molecule has 0 bridgehead atoms. The second-order valence-corrected chi connectivity index (χ2v) is 8.03. The second-order valence-electron chi connectivity index (χ2n) is 8.03. The molecule has 158 valence electrons. The van der Waals surface area contributed by atoms with E-state index in [1.807, 2.05) is 60.0 Å². The zero-order valence-electron chi connectivity index (χ0n) is 17.9. The van der Waals surface area contributed by atoms with Crippen LogP contribution in [0.4, 0.5) is 0 Å². The van der Waals surface area contributed by atoms with Gasteiger partial charge in [0.2, 0.25) is 5.91 Å². The lowest BCUT2D eigenvalue weighted by Gasteiger charge is -2.11. The third kappa shape index (κ3) is 5.69. The summed E-state index contributed by atoms with van der Waals surface area (Å²) in [5.74, 6) is 1.19. The number of para-hydroxylation sites is 2. The molecule has 1 heterocycles. The molecule has 0 spiro atoms. The Morgan fingerprint density at radius 1 is 1.07 bits per heavy atom. The van der Waals surface area contributed by atoms with E-state index < -0.39 is 0 Å². The topological polar surface area (TPSA) is 76.0 Å². The lowest BCUT2D eigenvalue weighted by molar-refractivity contribution is -0.121.